The molecular formula is C4H9ClO2. The second kappa shape index (κ2) is 4.37. The van der Waals surface area contributed by atoms with E-state index in [2.05, 4.69) is 4.74 Å². The predicted molar refractivity (Wildman–Crippen MR) is 28.6 cm³/mol. The zero-order valence-corrected chi connectivity index (χ0v) is 4.98. The molecule has 0 heterocycles. The first-order valence-corrected chi connectivity index (χ1v) is 2.57. The first-order chi connectivity index (χ1) is 3.31. The van der Waals surface area contributed by atoms with Crippen LogP contribution < -0.4 is 0 Å². The molecule has 0 aliphatic rings. The van der Waals surface area contributed by atoms with Gasteiger partial charge < -0.3 is 9.84 Å². The van der Waals surface area contributed by atoms with E-state index < -0.39 is 6.10 Å². The molecule has 0 aromatic rings. The van der Waals surface area contributed by atoms with Gasteiger partial charge in [0, 0.05) is 7.11 Å². The maximum Gasteiger partial charge on any atom is 0.0908 e. The molecule has 0 saturated heterocycles. The fraction of sp³-hybridized carbons (Fsp3) is 1.00. The highest BCUT2D eigenvalue weighted by Crippen LogP contribution is 1.85. The first kappa shape index (κ1) is 7.21. The molecule has 2 nitrogen and oxygen atoms in total. The van der Waals surface area contributed by atoms with Gasteiger partial charge in [0.25, 0.3) is 0 Å². The molecule has 0 bridgehead atoms. The summed E-state index contributed by atoms with van der Waals surface area (Å²) in [6, 6.07) is 0. The molecule has 0 aliphatic carbocycles. The molecule has 7 heavy (non-hydrogen) atoms. The largest absolute Gasteiger partial charge is 0.389 e. The van der Waals surface area contributed by atoms with Gasteiger partial charge in [-0.05, 0) is 0 Å². The number of rotatable bonds is 3. The Bertz CT molecular complexity index is 40.7. The molecule has 0 rings (SSSR count). The van der Waals surface area contributed by atoms with Gasteiger partial charge in [0.15, 0.2) is 0 Å². The van der Waals surface area contributed by atoms with Gasteiger partial charge in [0.1, 0.15) is 0 Å². The van der Waals surface area contributed by atoms with Gasteiger partial charge in [-0.2, -0.15) is 0 Å². The molecule has 0 saturated carbocycles. The molecular weight excluding hydrogens is 115 g/mol. The van der Waals surface area contributed by atoms with E-state index in [0.29, 0.717) is 6.61 Å². The third kappa shape index (κ3) is 4.05. The second-order valence-electron chi connectivity index (χ2n) is 1.26. The molecule has 44 valence electrons. The van der Waals surface area contributed by atoms with Crippen LogP contribution in [0.1, 0.15) is 0 Å². The summed E-state index contributed by atoms with van der Waals surface area (Å²) < 4.78 is 4.56. The number of aliphatic hydroxyl groups is 1. The summed E-state index contributed by atoms with van der Waals surface area (Å²) in [5.41, 5.74) is 0. The Hall–Kier alpha value is 0.210. The molecule has 0 spiro atoms. The van der Waals surface area contributed by atoms with Crippen molar-refractivity contribution in [2.45, 2.75) is 6.10 Å². The van der Waals surface area contributed by atoms with Gasteiger partial charge in [-0.3, -0.25) is 0 Å². The fourth-order valence-corrected chi connectivity index (χ4v) is 0.326. The molecule has 1 N–H and O–H groups in total. The van der Waals surface area contributed by atoms with Crippen molar-refractivity contribution in [3.63, 3.8) is 0 Å². The average Bonchev–Trinajstić information content (AvgIpc) is 1.68. The molecule has 0 aliphatic heterocycles. The van der Waals surface area contributed by atoms with Gasteiger partial charge in [-0.15, -0.1) is 11.6 Å². The van der Waals surface area contributed by atoms with Crippen molar-refractivity contribution in [1.29, 1.82) is 0 Å². The summed E-state index contributed by atoms with van der Waals surface area (Å²) in [6.07, 6.45) is -0.508. The highest BCUT2D eigenvalue weighted by Gasteiger charge is 1.96. The van der Waals surface area contributed by atoms with E-state index in [1.165, 1.54) is 7.11 Å². The number of aliphatic hydroxyl groups excluding tert-OH is 1. The Morgan fingerprint density at radius 3 is 2.57 bits per heavy atom. The zero-order valence-electron chi connectivity index (χ0n) is 4.22. The number of hydrogen-bond donors (Lipinski definition) is 1. The molecule has 3 heteroatoms. The molecule has 0 fully saturated rings. The summed E-state index contributed by atoms with van der Waals surface area (Å²) in [4.78, 5) is 0. The highest BCUT2D eigenvalue weighted by atomic mass is 35.5. The normalized spacial score (nSPS) is 14.1. The minimum atomic E-state index is -0.508. The molecule has 1 atom stereocenters. The van der Waals surface area contributed by atoms with E-state index in [9.17, 15) is 0 Å². The number of hydrogen-bond acceptors (Lipinski definition) is 2. The van der Waals surface area contributed by atoms with Crippen LogP contribution in [0.2, 0.25) is 0 Å². The summed E-state index contributed by atoms with van der Waals surface area (Å²) in [5.74, 6) is 0.244. The summed E-state index contributed by atoms with van der Waals surface area (Å²) in [7, 11) is 1.52. The molecule has 0 aromatic heterocycles. The highest BCUT2D eigenvalue weighted by molar-refractivity contribution is 6.18. The lowest BCUT2D eigenvalue weighted by Crippen LogP contribution is -2.14. The number of methoxy groups -OCH3 is 1. The summed E-state index contributed by atoms with van der Waals surface area (Å²) in [5, 5.41) is 8.60. The number of halogens is 1. The van der Waals surface area contributed by atoms with Crippen LogP contribution in [0, 0.1) is 0 Å². The maximum absolute atomic E-state index is 8.60. The van der Waals surface area contributed by atoms with Gasteiger partial charge in [-0.25, -0.2) is 0 Å². The van der Waals surface area contributed by atoms with E-state index in [4.69, 9.17) is 16.7 Å². The van der Waals surface area contributed by atoms with E-state index >= 15 is 0 Å². The Kier molecular flexibility index (Phi) is 4.50. The average molecular weight is 125 g/mol. The standard InChI is InChI=1S/C4H9ClO2/c1-7-3-4(6)2-5/h4,6H,2-3H2,1H3. The third-order valence-electron chi connectivity index (χ3n) is 0.537. The van der Waals surface area contributed by atoms with Crippen LogP contribution in [0.5, 0.6) is 0 Å². The SMILES string of the molecule is COCC(O)CCl. The van der Waals surface area contributed by atoms with Gasteiger partial charge in [-0.1, -0.05) is 0 Å². The fourth-order valence-electron chi connectivity index (χ4n) is 0.237. The Balaban J connectivity index is 2.83. The van der Waals surface area contributed by atoms with Crippen LogP contribution in [0.3, 0.4) is 0 Å². The van der Waals surface area contributed by atoms with Gasteiger partial charge in [0.2, 0.25) is 0 Å². The minimum absolute atomic E-state index is 0.244. The second-order valence-corrected chi connectivity index (χ2v) is 1.57. The van der Waals surface area contributed by atoms with Crippen molar-refractivity contribution in [1.82, 2.24) is 0 Å². The molecule has 0 aromatic carbocycles. The van der Waals surface area contributed by atoms with Crippen molar-refractivity contribution in [2.24, 2.45) is 0 Å². The number of ether oxygens (including phenoxy) is 1. The van der Waals surface area contributed by atoms with Gasteiger partial charge in [0.05, 0.1) is 18.6 Å². The van der Waals surface area contributed by atoms with Crippen molar-refractivity contribution >= 4 is 11.6 Å². The van der Waals surface area contributed by atoms with E-state index in [1.54, 1.807) is 0 Å². The maximum atomic E-state index is 8.60. The lowest BCUT2D eigenvalue weighted by atomic mass is 10.4. The van der Waals surface area contributed by atoms with Crippen LogP contribution in [0.15, 0.2) is 0 Å². The molecule has 0 amide bonds. The molecule has 1 unspecified atom stereocenters. The lowest BCUT2D eigenvalue weighted by molar-refractivity contribution is 0.0786. The smallest absolute Gasteiger partial charge is 0.0908 e. The van der Waals surface area contributed by atoms with E-state index in [0.717, 1.165) is 0 Å². The summed E-state index contributed by atoms with van der Waals surface area (Å²) >= 11 is 5.20. The first-order valence-electron chi connectivity index (χ1n) is 2.04. The molecule has 0 radical (unpaired) electrons. The third-order valence-corrected chi connectivity index (χ3v) is 0.893. The lowest BCUT2D eigenvalue weighted by Gasteiger charge is -2.01. The minimum Gasteiger partial charge on any atom is -0.389 e. The van der Waals surface area contributed by atoms with Crippen molar-refractivity contribution in [3.05, 3.63) is 0 Å². The zero-order chi connectivity index (χ0) is 5.70. The van der Waals surface area contributed by atoms with Crippen molar-refractivity contribution < 1.29 is 9.84 Å². The summed E-state index contributed by atoms with van der Waals surface area (Å²) in [6.45, 7) is 0.323. The Morgan fingerprint density at radius 2 is 2.43 bits per heavy atom. The predicted octanol–water partition coefficient (Wildman–Crippen LogP) is 0.233. The van der Waals surface area contributed by atoms with Crippen LogP contribution in [-0.4, -0.2) is 30.8 Å². The van der Waals surface area contributed by atoms with Crippen LogP contribution in [0.25, 0.3) is 0 Å². The van der Waals surface area contributed by atoms with Crippen molar-refractivity contribution in [2.75, 3.05) is 19.6 Å². The van der Waals surface area contributed by atoms with Crippen LogP contribution in [-0.2, 0) is 4.74 Å². The van der Waals surface area contributed by atoms with Crippen LogP contribution >= 0.6 is 11.6 Å². The number of alkyl halides is 1. The van der Waals surface area contributed by atoms with Crippen molar-refractivity contribution in [3.8, 4) is 0 Å². The monoisotopic (exact) mass is 124 g/mol. The topological polar surface area (TPSA) is 29.5 Å². The van der Waals surface area contributed by atoms with E-state index in [1.807, 2.05) is 0 Å². The van der Waals surface area contributed by atoms with Gasteiger partial charge >= 0.3 is 0 Å². The van der Waals surface area contributed by atoms with E-state index in [-0.39, 0.29) is 5.88 Å². The Morgan fingerprint density at radius 1 is 1.86 bits per heavy atom. The Labute approximate surface area is 48.0 Å². The van der Waals surface area contributed by atoms with Crippen LogP contribution in [0.4, 0.5) is 0 Å². The quantitative estimate of drug-likeness (QED) is 0.546.